The van der Waals surface area contributed by atoms with Crippen LogP contribution in [0.1, 0.15) is 79.1 Å². The molecular formula is C32H48O6. The molecule has 0 radical (unpaired) electrons. The van der Waals surface area contributed by atoms with Crippen LogP contribution < -0.4 is 0 Å². The second-order valence-corrected chi connectivity index (χ2v) is 13.0. The number of cyclic esters (lactones) is 1. The predicted molar refractivity (Wildman–Crippen MR) is 148 cm³/mol. The molecule has 3 aliphatic carbocycles. The lowest BCUT2D eigenvalue weighted by molar-refractivity contribution is -0.140. The third kappa shape index (κ3) is 5.34. The number of esters is 1. The van der Waals surface area contributed by atoms with Gasteiger partial charge in [0.1, 0.15) is 18.3 Å². The quantitative estimate of drug-likeness (QED) is 0.232. The Bertz CT molecular complexity index is 992. The lowest BCUT2D eigenvalue weighted by Gasteiger charge is -2.45. The first-order valence-electron chi connectivity index (χ1n) is 14.5. The third-order valence-electron chi connectivity index (χ3n) is 10.4. The van der Waals surface area contributed by atoms with Crippen molar-refractivity contribution in [2.45, 2.75) is 103 Å². The van der Waals surface area contributed by atoms with Gasteiger partial charge in [0, 0.05) is 30.6 Å². The lowest BCUT2D eigenvalue weighted by Crippen LogP contribution is -2.45. The fourth-order valence-electron chi connectivity index (χ4n) is 7.80. The van der Waals surface area contributed by atoms with Crippen molar-refractivity contribution in [1.29, 1.82) is 0 Å². The van der Waals surface area contributed by atoms with Gasteiger partial charge >= 0.3 is 5.97 Å². The van der Waals surface area contributed by atoms with E-state index in [0.29, 0.717) is 48.3 Å². The van der Waals surface area contributed by atoms with Crippen molar-refractivity contribution >= 4 is 5.97 Å². The summed E-state index contributed by atoms with van der Waals surface area (Å²) < 4.78 is 11.4. The zero-order chi connectivity index (χ0) is 27.8. The van der Waals surface area contributed by atoms with E-state index in [1.54, 1.807) is 0 Å². The summed E-state index contributed by atoms with van der Waals surface area (Å²) in [6, 6.07) is 0. The molecule has 8 atom stereocenters. The topological polar surface area (TPSA) is 96.2 Å². The average molecular weight is 529 g/mol. The maximum Gasteiger partial charge on any atom is 0.334 e. The van der Waals surface area contributed by atoms with Crippen LogP contribution >= 0.6 is 0 Å². The van der Waals surface area contributed by atoms with Gasteiger partial charge in [0.25, 0.3) is 0 Å². The van der Waals surface area contributed by atoms with Crippen LogP contribution in [0.2, 0.25) is 0 Å². The van der Waals surface area contributed by atoms with Crippen LogP contribution in [0.4, 0.5) is 0 Å². The highest BCUT2D eigenvalue weighted by molar-refractivity contribution is 5.91. The van der Waals surface area contributed by atoms with Crippen molar-refractivity contribution in [3.8, 4) is 0 Å². The Morgan fingerprint density at radius 1 is 1.18 bits per heavy atom. The molecule has 0 aromatic carbocycles. The molecule has 1 heterocycles. The first kappa shape index (κ1) is 29.3. The number of hydrogen-bond acceptors (Lipinski definition) is 6. The molecule has 0 bridgehead atoms. The van der Waals surface area contributed by atoms with E-state index in [2.05, 4.69) is 53.0 Å². The Morgan fingerprint density at radius 3 is 2.58 bits per heavy atom. The van der Waals surface area contributed by atoms with Crippen LogP contribution in [0, 0.1) is 28.6 Å². The van der Waals surface area contributed by atoms with Gasteiger partial charge in [-0.25, -0.2) is 4.79 Å². The van der Waals surface area contributed by atoms with Crippen LogP contribution in [0.15, 0.2) is 47.6 Å². The van der Waals surface area contributed by atoms with Crippen LogP contribution in [0.25, 0.3) is 0 Å². The summed E-state index contributed by atoms with van der Waals surface area (Å²) >= 11 is 0. The van der Waals surface area contributed by atoms with E-state index in [4.69, 9.17) is 14.6 Å². The molecule has 0 aromatic rings. The Morgan fingerprint density at radius 2 is 1.92 bits per heavy atom. The molecule has 38 heavy (non-hydrogen) atoms. The molecule has 3 saturated carbocycles. The van der Waals surface area contributed by atoms with E-state index < -0.39 is 18.3 Å². The minimum absolute atomic E-state index is 0.0140. The molecule has 4 fully saturated rings. The smallest absolute Gasteiger partial charge is 0.334 e. The van der Waals surface area contributed by atoms with Crippen molar-refractivity contribution in [2.75, 3.05) is 13.2 Å². The Labute approximate surface area is 228 Å². The number of fused-ring (bicyclic) bond motifs is 1. The van der Waals surface area contributed by atoms with Crippen molar-refractivity contribution in [3.05, 3.63) is 47.6 Å². The first-order chi connectivity index (χ1) is 17.9. The number of aliphatic hydroxyl groups excluding tert-OH is 3. The number of hydrogen-bond donors (Lipinski definition) is 3. The summed E-state index contributed by atoms with van der Waals surface area (Å²) in [7, 11) is 0. The summed E-state index contributed by atoms with van der Waals surface area (Å²) in [5.41, 5.74) is 3.41. The zero-order valence-electron chi connectivity index (χ0n) is 23.7. The van der Waals surface area contributed by atoms with Crippen molar-refractivity contribution in [3.63, 3.8) is 0 Å². The minimum atomic E-state index is -0.958. The van der Waals surface area contributed by atoms with Crippen LogP contribution in [-0.2, 0) is 14.3 Å². The van der Waals surface area contributed by atoms with Crippen molar-refractivity contribution in [1.82, 2.24) is 0 Å². The standard InChI is InChI=1S/C32H48O6/c1-19(17-27-31(4,5)21(3)30(36)38-27)24-12-13-25-22(9-7-14-32(24,25)6)10-11-23-18-26(34)29(28(35)20(23)2)37-16-8-15-33/h10-11,19,24-29,33-35H,2-3,7-9,12-18H2,1,4-6H3/b22-10-,23-11+/t19?,24-,25+,26?,27?,28?,29?,32-/m1/s1. The summed E-state index contributed by atoms with van der Waals surface area (Å²) in [5.74, 6) is 1.27. The molecule has 5 unspecified atom stereocenters. The minimum Gasteiger partial charge on any atom is -0.458 e. The number of carbonyl (C=O) groups is 1. The fraction of sp³-hybridized carbons (Fsp3) is 0.719. The average Bonchev–Trinajstić information content (AvgIpc) is 3.32. The van der Waals surface area contributed by atoms with Gasteiger partial charge in [0.15, 0.2) is 0 Å². The molecule has 4 rings (SSSR count). The van der Waals surface area contributed by atoms with E-state index in [9.17, 15) is 15.0 Å². The molecule has 0 aromatic heterocycles. The summed E-state index contributed by atoms with van der Waals surface area (Å²) in [6.07, 6.45) is 9.19. The maximum absolute atomic E-state index is 12.2. The van der Waals surface area contributed by atoms with Crippen LogP contribution in [0.3, 0.4) is 0 Å². The number of rotatable bonds is 8. The van der Waals surface area contributed by atoms with Gasteiger partial charge in [-0.05, 0) is 79.3 Å². The monoisotopic (exact) mass is 528 g/mol. The summed E-state index contributed by atoms with van der Waals surface area (Å²) in [4.78, 5) is 12.2. The van der Waals surface area contributed by atoms with Crippen molar-refractivity contribution < 1.29 is 29.6 Å². The van der Waals surface area contributed by atoms with E-state index in [1.807, 2.05) is 0 Å². The second kappa shape index (κ2) is 11.4. The first-order valence-corrected chi connectivity index (χ1v) is 14.5. The number of ether oxygens (including phenoxy) is 2. The van der Waals surface area contributed by atoms with Gasteiger partial charge in [-0.3, -0.25) is 0 Å². The molecule has 4 aliphatic rings. The fourth-order valence-corrected chi connectivity index (χ4v) is 7.80. The Kier molecular flexibility index (Phi) is 8.78. The second-order valence-electron chi connectivity index (χ2n) is 13.0. The highest BCUT2D eigenvalue weighted by Crippen LogP contribution is 2.60. The largest absolute Gasteiger partial charge is 0.458 e. The molecule has 6 heteroatoms. The number of allylic oxidation sites excluding steroid dienone is 3. The molecule has 6 nitrogen and oxygen atoms in total. The van der Waals surface area contributed by atoms with Crippen molar-refractivity contribution in [2.24, 2.45) is 28.6 Å². The van der Waals surface area contributed by atoms with E-state index in [1.165, 1.54) is 18.4 Å². The van der Waals surface area contributed by atoms with Gasteiger partial charge in [-0.1, -0.05) is 58.6 Å². The highest BCUT2D eigenvalue weighted by Gasteiger charge is 2.53. The maximum atomic E-state index is 12.2. The molecule has 3 N–H and O–H groups in total. The molecule has 212 valence electrons. The normalized spacial score (nSPS) is 40.0. The number of carbonyl (C=O) groups excluding carboxylic acids is 1. The molecule has 1 saturated heterocycles. The van der Waals surface area contributed by atoms with Crippen LogP contribution in [-0.4, -0.2) is 58.9 Å². The molecule has 0 spiro atoms. The third-order valence-corrected chi connectivity index (χ3v) is 10.4. The van der Waals surface area contributed by atoms with Gasteiger partial charge < -0.3 is 24.8 Å². The van der Waals surface area contributed by atoms with E-state index in [0.717, 1.165) is 31.3 Å². The van der Waals surface area contributed by atoms with Gasteiger partial charge in [0.05, 0.1) is 6.10 Å². The SMILES string of the molecule is C=C1/C(=C/C=C2/CCC[C@]3(C)[C@@H](C(C)CC4OC(=O)C(=C)C4(C)C)CC[C@@H]23)CC(O)C(OCCCO)C1O. The predicted octanol–water partition coefficient (Wildman–Crippen LogP) is 5.04. The Hall–Kier alpha value is -1.73. The van der Waals surface area contributed by atoms with Gasteiger partial charge in [0.2, 0.25) is 0 Å². The highest BCUT2D eigenvalue weighted by atomic mass is 16.6. The van der Waals surface area contributed by atoms with E-state index >= 15 is 0 Å². The lowest BCUT2D eigenvalue weighted by atomic mass is 9.60. The zero-order valence-corrected chi connectivity index (χ0v) is 23.7. The summed E-state index contributed by atoms with van der Waals surface area (Å²) in [5, 5.41) is 30.4. The van der Waals surface area contributed by atoms with Gasteiger partial charge in [-0.2, -0.15) is 0 Å². The molecule has 1 aliphatic heterocycles. The van der Waals surface area contributed by atoms with E-state index in [-0.39, 0.29) is 29.5 Å². The Balaban J connectivity index is 1.45. The van der Waals surface area contributed by atoms with Gasteiger partial charge in [-0.15, -0.1) is 0 Å². The number of aliphatic hydroxyl groups is 3. The summed E-state index contributed by atoms with van der Waals surface area (Å²) in [6.45, 7) is 17.3. The molecular weight excluding hydrogens is 480 g/mol. The molecule has 0 amide bonds. The van der Waals surface area contributed by atoms with Crippen LogP contribution in [0.5, 0.6) is 0 Å².